The minimum Gasteiger partial charge on any atom is -0.197 e. The summed E-state index contributed by atoms with van der Waals surface area (Å²) in [4.78, 5) is 0.0102. The number of nitrogens with zero attached hydrogens (tertiary/aromatic N) is 2. The SMILES string of the molecule is N#CC(Br)CCCCCCC(Br)C#N. The van der Waals surface area contributed by atoms with Gasteiger partial charge in [0.1, 0.15) is 9.65 Å². The molecule has 0 aliphatic rings. The van der Waals surface area contributed by atoms with Crippen LogP contribution in [-0.2, 0) is 0 Å². The summed E-state index contributed by atoms with van der Waals surface area (Å²) in [5, 5.41) is 17.0. The van der Waals surface area contributed by atoms with E-state index in [9.17, 15) is 0 Å². The van der Waals surface area contributed by atoms with Gasteiger partial charge in [0.15, 0.2) is 0 Å². The Morgan fingerprint density at radius 3 is 1.43 bits per heavy atom. The molecule has 0 saturated heterocycles. The molecular weight excluding hydrogens is 308 g/mol. The highest BCUT2D eigenvalue weighted by atomic mass is 79.9. The number of hydrogen-bond donors (Lipinski definition) is 0. The highest BCUT2D eigenvalue weighted by molar-refractivity contribution is 9.09. The molecule has 14 heavy (non-hydrogen) atoms. The maximum absolute atomic E-state index is 8.50. The standard InChI is InChI=1S/C10H14Br2N2/c11-9(7-13)5-3-1-2-4-6-10(12)8-14/h9-10H,1-6H2. The smallest absolute Gasteiger partial charge is 0.101 e. The molecule has 78 valence electrons. The second-order valence-corrected chi connectivity index (χ2v) is 5.40. The molecule has 0 amide bonds. The van der Waals surface area contributed by atoms with Crippen LogP contribution in [0.1, 0.15) is 38.5 Å². The van der Waals surface area contributed by atoms with E-state index in [1.807, 2.05) is 0 Å². The monoisotopic (exact) mass is 320 g/mol. The molecule has 0 saturated carbocycles. The minimum atomic E-state index is 0.00512. The molecule has 2 unspecified atom stereocenters. The summed E-state index contributed by atoms with van der Waals surface area (Å²) in [7, 11) is 0. The number of unbranched alkanes of at least 4 members (excludes halogenated alkanes) is 3. The summed E-state index contributed by atoms with van der Waals surface area (Å²) >= 11 is 6.54. The van der Waals surface area contributed by atoms with Crippen LogP contribution >= 0.6 is 31.9 Å². The zero-order chi connectivity index (χ0) is 10.8. The number of hydrogen-bond acceptors (Lipinski definition) is 2. The second kappa shape index (κ2) is 9.49. The average molecular weight is 322 g/mol. The van der Waals surface area contributed by atoms with Gasteiger partial charge in [0, 0.05) is 0 Å². The fourth-order valence-electron chi connectivity index (χ4n) is 1.13. The van der Waals surface area contributed by atoms with Crippen molar-refractivity contribution in [3.05, 3.63) is 0 Å². The Labute approximate surface area is 103 Å². The summed E-state index contributed by atoms with van der Waals surface area (Å²) in [6.45, 7) is 0. The molecule has 0 fully saturated rings. The third-order valence-electron chi connectivity index (χ3n) is 1.95. The Morgan fingerprint density at radius 1 is 0.786 bits per heavy atom. The molecule has 0 N–H and O–H groups in total. The quantitative estimate of drug-likeness (QED) is 0.527. The first kappa shape index (κ1) is 13.9. The van der Waals surface area contributed by atoms with Gasteiger partial charge in [-0.15, -0.1) is 0 Å². The van der Waals surface area contributed by atoms with Crippen LogP contribution in [0.5, 0.6) is 0 Å². The fraction of sp³-hybridized carbons (Fsp3) is 0.800. The summed E-state index contributed by atoms with van der Waals surface area (Å²) in [6.07, 6.45) is 6.31. The van der Waals surface area contributed by atoms with Gasteiger partial charge in [-0.3, -0.25) is 0 Å². The summed E-state index contributed by atoms with van der Waals surface area (Å²) in [5.74, 6) is 0. The fourth-order valence-corrected chi connectivity index (χ4v) is 1.78. The van der Waals surface area contributed by atoms with E-state index >= 15 is 0 Å². The topological polar surface area (TPSA) is 47.6 Å². The minimum absolute atomic E-state index is 0.00512. The van der Waals surface area contributed by atoms with Crippen molar-refractivity contribution in [1.29, 1.82) is 10.5 Å². The van der Waals surface area contributed by atoms with Gasteiger partial charge in [-0.25, -0.2) is 0 Å². The highest BCUT2D eigenvalue weighted by Gasteiger charge is 2.02. The van der Waals surface area contributed by atoms with E-state index in [0.717, 1.165) is 38.5 Å². The lowest BCUT2D eigenvalue weighted by Crippen LogP contribution is -1.94. The average Bonchev–Trinajstić information content (AvgIpc) is 2.22. The van der Waals surface area contributed by atoms with Crippen molar-refractivity contribution in [2.24, 2.45) is 0 Å². The third kappa shape index (κ3) is 8.53. The molecule has 0 heterocycles. The normalized spacial score (nSPS) is 14.0. The van der Waals surface area contributed by atoms with Crippen LogP contribution in [0.4, 0.5) is 0 Å². The molecule has 0 radical (unpaired) electrons. The highest BCUT2D eigenvalue weighted by Crippen LogP contribution is 2.14. The second-order valence-electron chi connectivity index (χ2n) is 3.18. The molecule has 4 heteroatoms. The zero-order valence-electron chi connectivity index (χ0n) is 8.05. The van der Waals surface area contributed by atoms with E-state index in [4.69, 9.17) is 10.5 Å². The Balaban J connectivity index is 3.16. The van der Waals surface area contributed by atoms with Crippen LogP contribution in [-0.4, -0.2) is 9.65 Å². The molecule has 0 bridgehead atoms. The molecule has 0 aliphatic heterocycles. The van der Waals surface area contributed by atoms with Gasteiger partial charge in [-0.1, -0.05) is 57.5 Å². The molecular formula is C10H14Br2N2. The van der Waals surface area contributed by atoms with E-state index < -0.39 is 0 Å². The van der Waals surface area contributed by atoms with Crippen LogP contribution in [0.2, 0.25) is 0 Å². The predicted octanol–water partition coefficient (Wildman–Crippen LogP) is 3.90. The Kier molecular flexibility index (Phi) is 9.45. The van der Waals surface area contributed by atoms with Crippen molar-refractivity contribution in [2.75, 3.05) is 0 Å². The lowest BCUT2D eigenvalue weighted by molar-refractivity contribution is 0.611. The number of halogens is 2. The van der Waals surface area contributed by atoms with Gasteiger partial charge in [0.25, 0.3) is 0 Å². The Morgan fingerprint density at radius 2 is 1.14 bits per heavy atom. The van der Waals surface area contributed by atoms with Gasteiger partial charge in [0.05, 0.1) is 12.1 Å². The molecule has 2 atom stereocenters. The van der Waals surface area contributed by atoms with E-state index in [1.165, 1.54) is 0 Å². The van der Waals surface area contributed by atoms with Crippen molar-refractivity contribution in [1.82, 2.24) is 0 Å². The molecule has 2 nitrogen and oxygen atoms in total. The first-order chi connectivity index (χ1) is 6.70. The summed E-state index contributed by atoms with van der Waals surface area (Å²) in [6, 6.07) is 4.30. The molecule has 0 aromatic rings. The van der Waals surface area contributed by atoms with Crippen LogP contribution < -0.4 is 0 Å². The van der Waals surface area contributed by atoms with Crippen molar-refractivity contribution < 1.29 is 0 Å². The number of rotatable bonds is 7. The number of alkyl halides is 2. The summed E-state index contributed by atoms with van der Waals surface area (Å²) < 4.78 is 0. The maximum atomic E-state index is 8.50. The predicted molar refractivity (Wildman–Crippen MR) is 64.4 cm³/mol. The van der Waals surface area contributed by atoms with Crippen molar-refractivity contribution in [2.45, 2.75) is 48.2 Å². The molecule has 0 aromatic carbocycles. The van der Waals surface area contributed by atoms with Crippen molar-refractivity contribution >= 4 is 31.9 Å². The van der Waals surface area contributed by atoms with Crippen LogP contribution in [0.15, 0.2) is 0 Å². The first-order valence-electron chi connectivity index (χ1n) is 4.78. The van der Waals surface area contributed by atoms with E-state index in [1.54, 1.807) is 0 Å². The van der Waals surface area contributed by atoms with Crippen LogP contribution in [0, 0.1) is 22.7 Å². The Bertz CT molecular complexity index is 193. The van der Waals surface area contributed by atoms with Crippen molar-refractivity contribution in [3.8, 4) is 12.1 Å². The molecule has 0 aromatic heterocycles. The van der Waals surface area contributed by atoms with Crippen LogP contribution in [0.25, 0.3) is 0 Å². The Hall–Kier alpha value is -0.0600. The van der Waals surface area contributed by atoms with Gasteiger partial charge in [-0.2, -0.15) is 10.5 Å². The lowest BCUT2D eigenvalue weighted by Gasteiger charge is -2.02. The zero-order valence-corrected chi connectivity index (χ0v) is 11.2. The van der Waals surface area contributed by atoms with Crippen LogP contribution in [0.3, 0.4) is 0 Å². The first-order valence-corrected chi connectivity index (χ1v) is 6.61. The third-order valence-corrected chi connectivity index (χ3v) is 3.27. The van der Waals surface area contributed by atoms with Gasteiger partial charge in [0.2, 0.25) is 0 Å². The molecule has 0 aliphatic carbocycles. The van der Waals surface area contributed by atoms with E-state index in [2.05, 4.69) is 44.0 Å². The molecule has 0 rings (SSSR count). The van der Waals surface area contributed by atoms with E-state index in [0.29, 0.717) is 0 Å². The van der Waals surface area contributed by atoms with Crippen molar-refractivity contribution in [3.63, 3.8) is 0 Å². The maximum Gasteiger partial charge on any atom is 0.101 e. The summed E-state index contributed by atoms with van der Waals surface area (Å²) in [5.41, 5.74) is 0. The van der Waals surface area contributed by atoms with Gasteiger partial charge in [-0.05, 0) is 12.8 Å². The van der Waals surface area contributed by atoms with E-state index in [-0.39, 0.29) is 9.65 Å². The molecule has 0 spiro atoms. The lowest BCUT2D eigenvalue weighted by atomic mass is 10.1. The largest absolute Gasteiger partial charge is 0.197 e. The number of nitriles is 2. The van der Waals surface area contributed by atoms with Gasteiger partial charge < -0.3 is 0 Å². The van der Waals surface area contributed by atoms with Gasteiger partial charge >= 0.3 is 0 Å².